The van der Waals surface area contributed by atoms with Crippen molar-refractivity contribution in [2.24, 2.45) is 0 Å². The van der Waals surface area contributed by atoms with Gasteiger partial charge in [-0.3, -0.25) is 0 Å². The summed E-state index contributed by atoms with van der Waals surface area (Å²) in [5, 5.41) is 0.796. The van der Waals surface area contributed by atoms with Crippen molar-refractivity contribution in [2.45, 2.75) is 115 Å². The second kappa shape index (κ2) is 5.85. The molecule has 0 heterocycles. The predicted molar refractivity (Wildman–Crippen MR) is 112 cm³/mol. The van der Waals surface area contributed by atoms with Crippen molar-refractivity contribution >= 4 is 24.5 Å². The van der Waals surface area contributed by atoms with Crippen molar-refractivity contribution in [1.82, 2.24) is 0 Å². The fraction of sp³-hybridized carbons (Fsp3) is 1.00. The Morgan fingerprint density at radius 2 is 0.818 bits per heavy atom. The van der Waals surface area contributed by atoms with E-state index in [1.807, 2.05) is 0 Å². The van der Waals surface area contributed by atoms with Crippen LogP contribution in [0.5, 0.6) is 0 Å². The average molecular weight is 361 g/mol. The van der Waals surface area contributed by atoms with Gasteiger partial charge in [0.05, 0.1) is 8.07 Å². The Bertz CT molecular complexity index is 331. The van der Waals surface area contributed by atoms with Crippen molar-refractivity contribution in [1.29, 1.82) is 0 Å². The molecule has 0 aromatic heterocycles. The molecule has 0 rings (SSSR count). The minimum Gasteiger partial charge on any atom is -0.433 e. The Balaban J connectivity index is 7.05. The van der Waals surface area contributed by atoms with E-state index in [0.717, 1.165) is 0 Å². The highest BCUT2D eigenvalue weighted by molar-refractivity contribution is 7.14. The molecule has 0 bridgehead atoms. The largest absolute Gasteiger partial charge is 0.433 e. The van der Waals surface area contributed by atoms with Crippen LogP contribution in [0.15, 0.2) is 0 Å². The molecule has 0 amide bonds. The lowest BCUT2D eigenvalue weighted by atomic mass is 10.2. The highest BCUT2D eigenvalue weighted by Gasteiger charge is 2.68. The standard InChI is InChI=1S/C18H44OSi3/c1-16(2,3)22(17(4,5)6,18(7,8)9)15(20(10,11)12)21(13,14)19/h15,19H,1-14H3. The Labute approximate surface area is 144 Å². The molecule has 4 heteroatoms. The van der Waals surface area contributed by atoms with Gasteiger partial charge in [-0.05, 0) is 33.0 Å². The van der Waals surface area contributed by atoms with Crippen molar-refractivity contribution < 1.29 is 4.80 Å². The summed E-state index contributed by atoms with van der Waals surface area (Å²) in [5.74, 6) is 0. The van der Waals surface area contributed by atoms with Crippen LogP contribution in [0.2, 0.25) is 52.6 Å². The SMILES string of the molecule is CC(C)(C)[Si](C([Si](C)(C)C)[Si](C)(C)O)(C(C)(C)C)C(C)(C)C. The van der Waals surface area contributed by atoms with Gasteiger partial charge in [-0.25, -0.2) is 0 Å². The summed E-state index contributed by atoms with van der Waals surface area (Å²) < 4.78 is 0. The minimum atomic E-state index is -2.26. The molecular weight excluding hydrogens is 316 g/mol. The molecule has 22 heavy (non-hydrogen) atoms. The van der Waals surface area contributed by atoms with Gasteiger partial charge in [-0.2, -0.15) is 0 Å². The average Bonchev–Trinajstić information content (AvgIpc) is 2.02. The molecule has 1 N–H and O–H groups in total. The van der Waals surface area contributed by atoms with Gasteiger partial charge in [-0.15, -0.1) is 0 Å². The third kappa shape index (κ3) is 3.81. The van der Waals surface area contributed by atoms with E-state index in [1.165, 1.54) is 0 Å². The van der Waals surface area contributed by atoms with Gasteiger partial charge in [0.2, 0.25) is 0 Å². The lowest BCUT2D eigenvalue weighted by molar-refractivity contribution is 0.504. The zero-order chi connectivity index (χ0) is 18.6. The van der Waals surface area contributed by atoms with Crippen LogP contribution in [0.1, 0.15) is 62.3 Å². The molecule has 0 aliphatic carbocycles. The smallest absolute Gasteiger partial charge is 0.180 e. The van der Waals surface area contributed by atoms with Crippen molar-refractivity contribution in [2.75, 3.05) is 0 Å². The van der Waals surface area contributed by atoms with Crippen LogP contribution >= 0.6 is 0 Å². The maximum Gasteiger partial charge on any atom is 0.180 e. The molecule has 0 aromatic rings. The summed E-state index contributed by atoms with van der Waals surface area (Å²) in [6.07, 6.45) is 0. The van der Waals surface area contributed by atoms with Crippen LogP contribution in [-0.2, 0) is 0 Å². The summed E-state index contributed by atoms with van der Waals surface area (Å²) in [5.41, 5.74) is 0. The van der Waals surface area contributed by atoms with Crippen LogP contribution in [0.3, 0.4) is 0 Å². The molecule has 0 aromatic carbocycles. The molecule has 1 unspecified atom stereocenters. The first-order chi connectivity index (χ1) is 9.12. The Hall–Kier alpha value is 0.611. The van der Waals surface area contributed by atoms with Crippen molar-refractivity contribution in [3.63, 3.8) is 0 Å². The monoisotopic (exact) mass is 360 g/mol. The highest BCUT2D eigenvalue weighted by Crippen LogP contribution is 2.69. The van der Waals surface area contributed by atoms with E-state index in [-0.39, 0.29) is 15.1 Å². The molecule has 1 atom stereocenters. The Morgan fingerprint density at radius 3 is 0.864 bits per heavy atom. The molecule has 0 fully saturated rings. The van der Waals surface area contributed by atoms with E-state index in [0.29, 0.717) is 4.79 Å². The second-order valence-corrected chi connectivity index (χ2v) is 29.6. The van der Waals surface area contributed by atoms with Gasteiger partial charge in [-0.1, -0.05) is 82.0 Å². The van der Waals surface area contributed by atoms with Crippen LogP contribution in [0.4, 0.5) is 0 Å². The fourth-order valence-electron chi connectivity index (χ4n) is 6.91. The maximum absolute atomic E-state index is 11.4. The zero-order valence-electron chi connectivity index (χ0n) is 18.0. The fourth-order valence-corrected chi connectivity index (χ4v) is 42.0. The van der Waals surface area contributed by atoms with E-state index in [1.54, 1.807) is 0 Å². The van der Waals surface area contributed by atoms with Gasteiger partial charge in [0.1, 0.15) is 0 Å². The lowest BCUT2D eigenvalue weighted by Gasteiger charge is -2.67. The van der Waals surface area contributed by atoms with E-state index in [4.69, 9.17) is 0 Å². The Morgan fingerprint density at radius 1 is 0.591 bits per heavy atom. The topological polar surface area (TPSA) is 20.2 Å². The van der Waals surface area contributed by atoms with E-state index >= 15 is 0 Å². The van der Waals surface area contributed by atoms with Crippen LogP contribution in [0.25, 0.3) is 0 Å². The number of rotatable bonds is 3. The zero-order valence-corrected chi connectivity index (χ0v) is 21.0. The second-order valence-electron chi connectivity index (χ2n) is 12.0. The van der Waals surface area contributed by atoms with Gasteiger partial charge >= 0.3 is 0 Å². The molecule has 0 spiro atoms. The first-order valence-electron chi connectivity index (χ1n) is 8.84. The molecule has 0 aliphatic rings. The molecule has 1 nitrogen and oxygen atoms in total. The molecule has 0 saturated heterocycles. The summed E-state index contributed by atoms with van der Waals surface area (Å²) in [6, 6.07) is 0. The van der Waals surface area contributed by atoms with Gasteiger partial charge in [0.15, 0.2) is 8.32 Å². The van der Waals surface area contributed by atoms with E-state index in [2.05, 4.69) is 95.0 Å². The summed E-state index contributed by atoms with van der Waals surface area (Å²) >= 11 is 0. The molecular formula is C18H44OSi3. The van der Waals surface area contributed by atoms with Gasteiger partial charge in [0, 0.05) is 8.07 Å². The predicted octanol–water partition coefficient (Wildman–Crippen LogP) is 6.82. The summed E-state index contributed by atoms with van der Waals surface area (Å²) in [4.78, 5) is 12.0. The maximum atomic E-state index is 11.4. The van der Waals surface area contributed by atoms with Crippen LogP contribution in [-0.4, -0.2) is 29.3 Å². The summed E-state index contributed by atoms with van der Waals surface area (Å²) in [7, 11) is -5.70. The van der Waals surface area contributed by atoms with E-state index < -0.39 is 24.5 Å². The lowest BCUT2D eigenvalue weighted by Crippen LogP contribution is -2.71. The quantitative estimate of drug-likeness (QED) is 0.547. The molecule has 0 radical (unpaired) electrons. The van der Waals surface area contributed by atoms with Crippen LogP contribution < -0.4 is 0 Å². The van der Waals surface area contributed by atoms with E-state index in [9.17, 15) is 4.80 Å². The molecule has 134 valence electrons. The summed E-state index contributed by atoms with van der Waals surface area (Å²) in [6.45, 7) is 34.1. The molecule has 0 saturated carbocycles. The van der Waals surface area contributed by atoms with Crippen LogP contribution in [0, 0.1) is 0 Å². The minimum absolute atomic E-state index is 0.265. The number of hydrogen-bond acceptors (Lipinski definition) is 1. The first-order valence-corrected chi connectivity index (χ1v) is 17.5. The highest BCUT2D eigenvalue weighted by atomic mass is 28.5. The van der Waals surface area contributed by atoms with Crippen molar-refractivity contribution in [3.8, 4) is 0 Å². The van der Waals surface area contributed by atoms with Crippen molar-refractivity contribution in [3.05, 3.63) is 0 Å². The molecule has 0 aliphatic heterocycles. The first kappa shape index (κ1) is 22.6. The van der Waals surface area contributed by atoms with Gasteiger partial charge in [0.25, 0.3) is 0 Å². The normalized spacial score (nSPS) is 17.6. The Kier molecular flexibility index (Phi) is 6.01. The third-order valence-corrected chi connectivity index (χ3v) is 28.7. The van der Waals surface area contributed by atoms with Gasteiger partial charge < -0.3 is 4.80 Å². The number of hydrogen-bond donors (Lipinski definition) is 1. The third-order valence-electron chi connectivity index (χ3n) is 5.55.